The van der Waals surface area contributed by atoms with E-state index in [4.69, 9.17) is 0 Å². The van der Waals surface area contributed by atoms with E-state index in [0.29, 0.717) is 5.69 Å². The lowest BCUT2D eigenvalue weighted by Gasteiger charge is -2.08. The van der Waals surface area contributed by atoms with Crippen molar-refractivity contribution in [2.75, 3.05) is 0 Å². The van der Waals surface area contributed by atoms with Crippen LogP contribution in [0.25, 0.3) is 27.5 Å². The number of hydrogen-bond donors (Lipinski definition) is 0. The molecule has 7 nitrogen and oxygen atoms in total. The third kappa shape index (κ3) is 2.15. The summed E-state index contributed by atoms with van der Waals surface area (Å²) in [5, 5.41) is 16.6. The Hall–Kier alpha value is -2.87. The maximum absolute atomic E-state index is 11.0. The van der Waals surface area contributed by atoms with Crippen molar-refractivity contribution in [3.8, 4) is 5.69 Å². The van der Waals surface area contributed by atoms with Gasteiger partial charge < -0.3 is 10.1 Å². The van der Waals surface area contributed by atoms with Crippen LogP contribution in [0.3, 0.4) is 0 Å². The molecule has 8 heteroatoms. The molecule has 0 aliphatic heterocycles. The molecule has 2 aromatic heterocycles. The highest BCUT2D eigenvalue weighted by atomic mass is 79.9. The Morgan fingerprint density at radius 2 is 1.52 bits per heavy atom. The number of hydrogen-bond acceptors (Lipinski definition) is 5. The molecule has 0 spiro atoms. The number of para-hydroxylation sites is 2. The molecule has 0 aliphatic carbocycles. The van der Waals surface area contributed by atoms with E-state index in [9.17, 15) is 10.1 Å². The number of nitrogens with zero attached hydrogens (tertiary/aromatic N) is 5. The van der Waals surface area contributed by atoms with Crippen LogP contribution in [0.2, 0.25) is 0 Å². The van der Waals surface area contributed by atoms with Gasteiger partial charge in [-0.15, -0.1) is 4.68 Å². The summed E-state index contributed by atoms with van der Waals surface area (Å²) in [6.45, 7) is 0. The molecule has 0 saturated heterocycles. The predicted molar refractivity (Wildman–Crippen MR) is 88.5 cm³/mol. The van der Waals surface area contributed by atoms with Gasteiger partial charge in [-0.2, -0.15) is 0 Å². The summed E-state index contributed by atoms with van der Waals surface area (Å²) in [5.74, 6) is -0.457. The molecule has 4 aromatic rings. The zero-order valence-electron chi connectivity index (χ0n) is 11.5. The van der Waals surface area contributed by atoms with Crippen LogP contribution in [-0.2, 0) is 0 Å². The Kier molecular flexibility index (Phi) is 3.05. The molecule has 0 aliphatic rings. The van der Waals surface area contributed by atoms with E-state index in [2.05, 4.69) is 31.0 Å². The van der Waals surface area contributed by atoms with Gasteiger partial charge in [0.25, 0.3) is 4.73 Å². The molecule has 0 bridgehead atoms. The first-order chi connectivity index (χ1) is 11.1. The van der Waals surface area contributed by atoms with Crippen molar-refractivity contribution >= 4 is 43.7 Å². The molecular formula is C15H8BrN5O2. The van der Waals surface area contributed by atoms with Crippen LogP contribution in [0.1, 0.15) is 0 Å². The van der Waals surface area contributed by atoms with Gasteiger partial charge in [0.05, 0.1) is 11.0 Å². The van der Waals surface area contributed by atoms with E-state index in [-0.39, 0.29) is 4.73 Å². The van der Waals surface area contributed by atoms with Crippen molar-refractivity contribution in [2.45, 2.75) is 0 Å². The molecule has 2 aromatic carbocycles. The molecule has 0 amide bonds. The minimum absolute atomic E-state index is 0.269. The summed E-state index contributed by atoms with van der Waals surface area (Å²) in [6, 6.07) is 15.2. The minimum atomic E-state index is -0.618. The lowest BCUT2D eigenvalue weighted by molar-refractivity contribution is -0.394. The molecule has 112 valence electrons. The van der Waals surface area contributed by atoms with Gasteiger partial charge >= 0.3 is 5.95 Å². The van der Waals surface area contributed by atoms with E-state index in [1.165, 1.54) is 4.68 Å². The summed E-state index contributed by atoms with van der Waals surface area (Å²) in [5.41, 5.74) is 2.27. The van der Waals surface area contributed by atoms with E-state index in [1.54, 1.807) is 0 Å². The van der Waals surface area contributed by atoms with Crippen molar-refractivity contribution in [2.24, 2.45) is 0 Å². The number of aromatic nitrogens is 4. The fourth-order valence-corrected chi connectivity index (χ4v) is 2.96. The summed E-state index contributed by atoms with van der Waals surface area (Å²) in [7, 11) is 0. The minimum Gasteiger partial charge on any atom is -0.390 e. The zero-order chi connectivity index (χ0) is 16.0. The molecular weight excluding hydrogens is 362 g/mol. The molecule has 4 rings (SSSR count). The third-order valence-electron chi connectivity index (χ3n) is 3.49. The fraction of sp³-hybridized carbons (Fsp3) is 0. The lowest BCUT2D eigenvalue weighted by atomic mass is 10.1. The number of nitro groups is 1. The molecule has 0 fully saturated rings. The summed E-state index contributed by atoms with van der Waals surface area (Å²) >= 11 is 3.26. The molecule has 0 N–H and O–H groups in total. The summed E-state index contributed by atoms with van der Waals surface area (Å²) in [4.78, 5) is 18.8. The Bertz CT molecular complexity index is 1020. The predicted octanol–water partition coefficient (Wildman–Crippen LogP) is 3.64. The highest BCUT2D eigenvalue weighted by Gasteiger charge is 2.23. The largest absolute Gasteiger partial charge is 0.492 e. The van der Waals surface area contributed by atoms with Gasteiger partial charge in [-0.05, 0) is 22.0 Å². The standard InChI is InChI=1S/C15H8BrN5O2/c16-14-18-15(21(22)23)19-20(14)13-9-5-1-3-7-11(9)17-12-8-4-2-6-10(12)13/h1-8H. The van der Waals surface area contributed by atoms with E-state index < -0.39 is 10.9 Å². The maximum atomic E-state index is 11.0. The molecule has 2 heterocycles. The number of halogens is 1. The van der Waals surface area contributed by atoms with Crippen molar-refractivity contribution in [1.82, 2.24) is 19.7 Å². The maximum Gasteiger partial charge on any atom is 0.492 e. The number of fused-ring (bicyclic) bond motifs is 2. The Morgan fingerprint density at radius 3 is 2.04 bits per heavy atom. The van der Waals surface area contributed by atoms with Gasteiger partial charge in [0, 0.05) is 31.8 Å². The monoisotopic (exact) mass is 369 g/mol. The lowest BCUT2D eigenvalue weighted by Crippen LogP contribution is -2.01. The van der Waals surface area contributed by atoms with Crippen LogP contribution in [-0.4, -0.2) is 24.7 Å². The van der Waals surface area contributed by atoms with Crippen molar-refractivity contribution < 1.29 is 4.92 Å². The van der Waals surface area contributed by atoms with Gasteiger partial charge in [0.2, 0.25) is 0 Å². The highest BCUT2D eigenvalue weighted by Crippen LogP contribution is 2.31. The topological polar surface area (TPSA) is 86.7 Å². The molecule has 0 atom stereocenters. The van der Waals surface area contributed by atoms with Crippen LogP contribution in [0.15, 0.2) is 53.3 Å². The number of pyridine rings is 1. The van der Waals surface area contributed by atoms with Crippen LogP contribution in [0.4, 0.5) is 5.95 Å². The van der Waals surface area contributed by atoms with Gasteiger partial charge in [-0.1, -0.05) is 36.4 Å². The average molecular weight is 370 g/mol. The molecule has 0 unspecified atom stereocenters. The van der Waals surface area contributed by atoms with Crippen molar-refractivity contribution in [3.63, 3.8) is 0 Å². The quantitative estimate of drug-likeness (QED) is 0.305. The number of rotatable bonds is 2. The first-order valence-corrected chi connectivity index (χ1v) is 7.49. The second-order valence-corrected chi connectivity index (χ2v) is 5.55. The van der Waals surface area contributed by atoms with Gasteiger partial charge in [-0.25, -0.2) is 4.98 Å². The van der Waals surface area contributed by atoms with Crippen LogP contribution in [0, 0.1) is 10.1 Å². The van der Waals surface area contributed by atoms with Crippen LogP contribution < -0.4 is 0 Å². The van der Waals surface area contributed by atoms with Gasteiger partial charge in [0.1, 0.15) is 5.69 Å². The average Bonchev–Trinajstić information content (AvgIpc) is 2.94. The van der Waals surface area contributed by atoms with E-state index in [0.717, 1.165) is 21.8 Å². The second-order valence-electron chi connectivity index (χ2n) is 4.84. The fourth-order valence-electron chi connectivity index (χ4n) is 2.55. The van der Waals surface area contributed by atoms with E-state index >= 15 is 0 Å². The molecule has 0 saturated carbocycles. The number of benzene rings is 2. The SMILES string of the molecule is O=[N+]([O-])c1nc(Br)n(-c2c3ccccc3nc3ccccc23)n1. The first kappa shape index (κ1) is 13.8. The molecule has 0 radical (unpaired) electrons. The Morgan fingerprint density at radius 1 is 0.957 bits per heavy atom. The van der Waals surface area contributed by atoms with Crippen molar-refractivity contribution in [3.05, 3.63) is 63.4 Å². The Labute approximate surface area is 137 Å². The van der Waals surface area contributed by atoms with Gasteiger partial charge in [-0.3, -0.25) is 0 Å². The highest BCUT2D eigenvalue weighted by molar-refractivity contribution is 9.10. The zero-order valence-corrected chi connectivity index (χ0v) is 13.1. The molecule has 23 heavy (non-hydrogen) atoms. The summed E-state index contributed by atoms with van der Waals surface area (Å²) in [6.07, 6.45) is 0. The van der Waals surface area contributed by atoms with Crippen LogP contribution >= 0.6 is 15.9 Å². The van der Waals surface area contributed by atoms with Crippen LogP contribution in [0.5, 0.6) is 0 Å². The first-order valence-electron chi connectivity index (χ1n) is 6.70. The van der Waals surface area contributed by atoms with E-state index in [1.807, 2.05) is 48.5 Å². The van der Waals surface area contributed by atoms with Crippen molar-refractivity contribution in [1.29, 1.82) is 0 Å². The second kappa shape index (κ2) is 5.10. The van der Waals surface area contributed by atoms with Gasteiger partial charge in [0.15, 0.2) is 0 Å². The summed E-state index contributed by atoms with van der Waals surface area (Å²) < 4.78 is 1.70. The third-order valence-corrected chi connectivity index (χ3v) is 4.00. The smallest absolute Gasteiger partial charge is 0.390 e. The normalized spacial score (nSPS) is 11.2. The Balaban J connectivity index is 2.17.